The van der Waals surface area contributed by atoms with Gasteiger partial charge in [0.25, 0.3) is 5.91 Å². The smallest absolute Gasteiger partial charge is 0.274 e. The number of amides is 1. The molecule has 6 nitrogen and oxygen atoms in total. The third kappa shape index (κ3) is 1.88. The number of carbonyl (C=O) groups excluding carboxylic acids is 1. The summed E-state index contributed by atoms with van der Waals surface area (Å²) in [5.74, 6) is -0.0154. The maximum atomic E-state index is 12.2. The number of aryl methyl sites for hydroxylation is 1. The second-order valence-corrected chi connectivity index (χ2v) is 3.81. The third-order valence-corrected chi connectivity index (χ3v) is 2.77. The number of anilines is 1. The van der Waals surface area contributed by atoms with Gasteiger partial charge in [0, 0.05) is 32.7 Å². The molecule has 0 unspecified atom stereocenters. The van der Waals surface area contributed by atoms with Crippen molar-refractivity contribution in [3.05, 3.63) is 11.9 Å². The number of hydrogen-bond donors (Lipinski definition) is 2. The normalized spacial score (nSPS) is 16.4. The minimum Gasteiger partial charge on any atom is -0.396 e. The highest BCUT2D eigenvalue weighted by molar-refractivity contribution is 5.97. The fraction of sp³-hybridized carbons (Fsp3) is 0.600. The summed E-state index contributed by atoms with van der Waals surface area (Å²) >= 11 is 0. The molecule has 0 radical (unpaired) electrons. The summed E-state index contributed by atoms with van der Waals surface area (Å²) in [5, 5.41) is 7.29. The molecular formula is C10H17N5O. The Hall–Kier alpha value is -1.56. The number of hydrogen-bond acceptors (Lipinski definition) is 4. The van der Waals surface area contributed by atoms with E-state index in [4.69, 9.17) is 5.73 Å². The molecular weight excluding hydrogens is 206 g/mol. The van der Waals surface area contributed by atoms with Crippen molar-refractivity contribution in [2.24, 2.45) is 0 Å². The fourth-order valence-corrected chi connectivity index (χ4v) is 1.89. The van der Waals surface area contributed by atoms with Gasteiger partial charge in [0.15, 0.2) is 0 Å². The van der Waals surface area contributed by atoms with Crippen LogP contribution in [-0.4, -0.2) is 46.8 Å². The zero-order chi connectivity index (χ0) is 11.5. The van der Waals surface area contributed by atoms with Crippen LogP contribution in [0.1, 0.15) is 17.4 Å². The molecule has 2 rings (SSSR count). The van der Waals surface area contributed by atoms with Gasteiger partial charge < -0.3 is 16.0 Å². The van der Waals surface area contributed by atoms with Crippen LogP contribution in [0.5, 0.6) is 0 Å². The number of nitrogens with two attached hydrogens (primary N) is 1. The average Bonchev–Trinajstić information content (AvgIpc) is 2.70. The lowest BCUT2D eigenvalue weighted by molar-refractivity contribution is 0.0724. The summed E-state index contributed by atoms with van der Waals surface area (Å²) in [5.41, 5.74) is 6.76. The van der Waals surface area contributed by atoms with Gasteiger partial charge in [0.2, 0.25) is 0 Å². The quantitative estimate of drug-likeness (QED) is 0.710. The van der Waals surface area contributed by atoms with Crippen molar-refractivity contribution in [1.29, 1.82) is 0 Å². The summed E-state index contributed by atoms with van der Waals surface area (Å²) in [6.07, 6.45) is 1.54. The second-order valence-electron chi connectivity index (χ2n) is 3.81. The van der Waals surface area contributed by atoms with E-state index in [9.17, 15) is 4.79 Å². The predicted molar refractivity (Wildman–Crippen MR) is 61.1 cm³/mol. The molecule has 0 aliphatic carbocycles. The number of rotatable bonds is 2. The summed E-state index contributed by atoms with van der Waals surface area (Å²) in [6, 6.07) is 0. The number of nitrogens with one attached hydrogen (secondary N) is 1. The highest BCUT2D eigenvalue weighted by Crippen LogP contribution is 2.14. The Labute approximate surface area is 94.4 Å². The maximum absolute atomic E-state index is 12.2. The zero-order valence-electron chi connectivity index (χ0n) is 9.44. The first-order chi connectivity index (χ1) is 7.74. The van der Waals surface area contributed by atoms with Crippen LogP contribution in [0, 0.1) is 0 Å². The van der Waals surface area contributed by atoms with Crippen molar-refractivity contribution in [2.75, 3.05) is 31.9 Å². The van der Waals surface area contributed by atoms with E-state index in [0.717, 1.165) is 26.2 Å². The monoisotopic (exact) mass is 223 g/mol. The zero-order valence-corrected chi connectivity index (χ0v) is 9.44. The minimum absolute atomic E-state index is 0.0154. The molecule has 1 aromatic rings. The van der Waals surface area contributed by atoms with Crippen molar-refractivity contribution in [3.63, 3.8) is 0 Å². The van der Waals surface area contributed by atoms with E-state index in [2.05, 4.69) is 10.4 Å². The van der Waals surface area contributed by atoms with Crippen LogP contribution in [-0.2, 0) is 6.54 Å². The van der Waals surface area contributed by atoms with Crippen LogP contribution in [0.2, 0.25) is 0 Å². The van der Waals surface area contributed by atoms with Crippen molar-refractivity contribution in [3.8, 4) is 0 Å². The molecule has 0 bridgehead atoms. The van der Waals surface area contributed by atoms with Crippen molar-refractivity contribution < 1.29 is 4.79 Å². The molecule has 6 heteroatoms. The molecule has 0 spiro atoms. The Morgan fingerprint density at radius 1 is 1.56 bits per heavy atom. The molecule has 2 heterocycles. The topological polar surface area (TPSA) is 76.2 Å². The van der Waals surface area contributed by atoms with Gasteiger partial charge in [-0.3, -0.25) is 9.48 Å². The van der Waals surface area contributed by atoms with Gasteiger partial charge in [-0.15, -0.1) is 0 Å². The summed E-state index contributed by atoms with van der Waals surface area (Å²) in [6.45, 7) is 5.74. The standard InChI is InChI=1S/C10H17N5O/c1-2-15-9(8(11)7-13-15)10(16)14-5-3-12-4-6-14/h7,12H,2-6,11H2,1H3. The average molecular weight is 223 g/mol. The van der Waals surface area contributed by atoms with Gasteiger partial charge in [-0.1, -0.05) is 0 Å². The van der Waals surface area contributed by atoms with Gasteiger partial charge in [-0.25, -0.2) is 0 Å². The van der Waals surface area contributed by atoms with E-state index in [1.54, 1.807) is 10.9 Å². The molecule has 1 aliphatic rings. The first kappa shape index (κ1) is 10.9. The number of aromatic nitrogens is 2. The van der Waals surface area contributed by atoms with E-state index in [1.807, 2.05) is 11.8 Å². The second kappa shape index (κ2) is 4.52. The van der Waals surface area contributed by atoms with Crippen molar-refractivity contribution >= 4 is 11.6 Å². The van der Waals surface area contributed by atoms with E-state index in [-0.39, 0.29) is 5.91 Å². The van der Waals surface area contributed by atoms with Crippen molar-refractivity contribution in [1.82, 2.24) is 20.0 Å². The Kier molecular flexibility index (Phi) is 3.09. The molecule has 1 fully saturated rings. The van der Waals surface area contributed by atoms with Crippen LogP contribution >= 0.6 is 0 Å². The predicted octanol–water partition coefficient (Wildman–Crippen LogP) is -0.469. The molecule has 3 N–H and O–H groups in total. The molecule has 1 aromatic heterocycles. The fourth-order valence-electron chi connectivity index (χ4n) is 1.89. The van der Waals surface area contributed by atoms with Gasteiger partial charge in [-0.05, 0) is 6.92 Å². The number of nitrogens with zero attached hydrogens (tertiary/aromatic N) is 3. The Morgan fingerprint density at radius 3 is 2.88 bits per heavy atom. The molecule has 1 saturated heterocycles. The van der Waals surface area contributed by atoms with Crippen LogP contribution < -0.4 is 11.1 Å². The summed E-state index contributed by atoms with van der Waals surface area (Å²) < 4.78 is 1.65. The lowest BCUT2D eigenvalue weighted by atomic mass is 10.3. The molecule has 1 amide bonds. The largest absolute Gasteiger partial charge is 0.396 e. The van der Waals surface area contributed by atoms with E-state index in [0.29, 0.717) is 17.9 Å². The number of piperazine rings is 1. The number of carbonyl (C=O) groups is 1. The molecule has 88 valence electrons. The Balaban J connectivity index is 2.21. The molecule has 0 aromatic carbocycles. The minimum atomic E-state index is -0.0154. The first-order valence-corrected chi connectivity index (χ1v) is 5.55. The van der Waals surface area contributed by atoms with Crippen LogP contribution in [0.3, 0.4) is 0 Å². The van der Waals surface area contributed by atoms with Gasteiger partial charge in [0.1, 0.15) is 5.69 Å². The Bertz CT molecular complexity index is 381. The number of nitrogen functional groups attached to an aromatic ring is 1. The van der Waals surface area contributed by atoms with E-state index >= 15 is 0 Å². The molecule has 0 saturated carbocycles. The molecule has 0 atom stereocenters. The summed E-state index contributed by atoms with van der Waals surface area (Å²) in [7, 11) is 0. The van der Waals surface area contributed by atoms with Crippen LogP contribution in [0.15, 0.2) is 6.20 Å². The maximum Gasteiger partial charge on any atom is 0.274 e. The van der Waals surface area contributed by atoms with E-state index in [1.165, 1.54) is 0 Å². The SMILES string of the molecule is CCn1ncc(N)c1C(=O)N1CCNCC1. The molecule has 1 aliphatic heterocycles. The Morgan fingerprint density at radius 2 is 2.25 bits per heavy atom. The van der Waals surface area contributed by atoms with Crippen molar-refractivity contribution in [2.45, 2.75) is 13.5 Å². The van der Waals surface area contributed by atoms with Crippen LogP contribution in [0.4, 0.5) is 5.69 Å². The summed E-state index contributed by atoms with van der Waals surface area (Å²) in [4.78, 5) is 14.0. The lowest BCUT2D eigenvalue weighted by Gasteiger charge is -2.27. The van der Waals surface area contributed by atoms with Gasteiger partial charge in [0.05, 0.1) is 11.9 Å². The third-order valence-electron chi connectivity index (χ3n) is 2.77. The lowest BCUT2D eigenvalue weighted by Crippen LogP contribution is -2.47. The molecule has 16 heavy (non-hydrogen) atoms. The van der Waals surface area contributed by atoms with Crippen LogP contribution in [0.25, 0.3) is 0 Å². The van der Waals surface area contributed by atoms with Gasteiger partial charge >= 0.3 is 0 Å². The first-order valence-electron chi connectivity index (χ1n) is 5.55. The van der Waals surface area contributed by atoms with E-state index < -0.39 is 0 Å². The highest BCUT2D eigenvalue weighted by atomic mass is 16.2. The van der Waals surface area contributed by atoms with Gasteiger partial charge in [-0.2, -0.15) is 5.10 Å². The highest BCUT2D eigenvalue weighted by Gasteiger charge is 2.23.